The average molecular weight is 408 g/mol. The summed E-state index contributed by atoms with van der Waals surface area (Å²) in [4.78, 5) is 23.5. The van der Waals surface area contributed by atoms with E-state index in [1.165, 1.54) is 12.2 Å². The molecule has 2 rings (SSSR count). The van der Waals surface area contributed by atoms with Gasteiger partial charge in [-0.15, -0.1) is 0 Å². The van der Waals surface area contributed by atoms with Gasteiger partial charge in [0.1, 0.15) is 11.5 Å². The summed E-state index contributed by atoms with van der Waals surface area (Å²) >= 11 is 0. The van der Waals surface area contributed by atoms with E-state index in [1.807, 2.05) is 0 Å². The van der Waals surface area contributed by atoms with Crippen LogP contribution in [0.3, 0.4) is 0 Å². The Morgan fingerprint density at radius 3 is 1.47 bits per heavy atom. The largest absolute Gasteiger partial charge is 0.507 e. The second-order valence-corrected chi connectivity index (χ2v) is 6.78. The molecular weight excluding hydrogens is 380 g/mol. The fourth-order valence-electron chi connectivity index (χ4n) is 2.73. The summed E-state index contributed by atoms with van der Waals surface area (Å²) in [5, 5.41) is 24.9. The van der Waals surface area contributed by atoms with Crippen molar-refractivity contribution in [3.05, 3.63) is 71.8 Å². The lowest BCUT2D eigenvalue weighted by atomic mass is 10.2. The maximum atomic E-state index is 11.8. The summed E-state index contributed by atoms with van der Waals surface area (Å²) in [6.07, 6.45) is 9.61. The standard InChI is InChI=1S/C24H28N2O4/c27-21-11-5-3-9-19(21)13-15-23(29)25-17-7-1-2-8-18-26-24(30)16-14-20-10-4-6-12-22(20)28/h3-6,9-16,27-28H,1-2,7-8,17-18H2,(H,25,29)(H,26,30)/b15-13+,16-14+. The van der Waals surface area contributed by atoms with Crippen LogP contribution in [0.15, 0.2) is 60.7 Å². The van der Waals surface area contributed by atoms with Crippen LogP contribution in [0.4, 0.5) is 0 Å². The Morgan fingerprint density at radius 1 is 0.667 bits per heavy atom. The van der Waals surface area contributed by atoms with Crippen molar-refractivity contribution in [2.45, 2.75) is 25.7 Å². The first-order valence-corrected chi connectivity index (χ1v) is 10.0. The van der Waals surface area contributed by atoms with Crippen LogP contribution in [0.5, 0.6) is 11.5 Å². The lowest BCUT2D eigenvalue weighted by Crippen LogP contribution is -2.23. The maximum absolute atomic E-state index is 11.8. The minimum atomic E-state index is -0.193. The molecule has 2 aromatic carbocycles. The van der Waals surface area contributed by atoms with Gasteiger partial charge in [-0.2, -0.15) is 0 Å². The minimum Gasteiger partial charge on any atom is -0.507 e. The zero-order valence-electron chi connectivity index (χ0n) is 16.9. The lowest BCUT2D eigenvalue weighted by molar-refractivity contribution is -0.117. The quantitative estimate of drug-likeness (QED) is 0.337. The molecule has 0 saturated carbocycles. The van der Waals surface area contributed by atoms with E-state index in [0.717, 1.165) is 25.7 Å². The maximum Gasteiger partial charge on any atom is 0.244 e. The Labute approximate surface area is 176 Å². The van der Waals surface area contributed by atoms with Crippen LogP contribution in [-0.2, 0) is 9.59 Å². The molecule has 0 bridgehead atoms. The first-order chi connectivity index (χ1) is 14.6. The molecular formula is C24H28N2O4. The summed E-state index contributed by atoms with van der Waals surface area (Å²) in [5.74, 6) is -0.104. The predicted octanol–water partition coefficient (Wildman–Crippen LogP) is 3.62. The second-order valence-electron chi connectivity index (χ2n) is 6.78. The molecule has 0 fully saturated rings. The third kappa shape index (κ3) is 8.65. The molecule has 0 atom stereocenters. The Hall–Kier alpha value is -3.54. The van der Waals surface area contributed by atoms with Crippen LogP contribution < -0.4 is 10.6 Å². The molecule has 0 aromatic heterocycles. The fraction of sp³-hybridized carbons (Fsp3) is 0.250. The molecule has 0 aliphatic heterocycles. The van der Waals surface area contributed by atoms with Gasteiger partial charge in [-0.25, -0.2) is 0 Å². The number of amides is 2. The first-order valence-electron chi connectivity index (χ1n) is 10.0. The van der Waals surface area contributed by atoms with Crippen molar-refractivity contribution in [2.75, 3.05) is 13.1 Å². The van der Waals surface area contributed by atoms with Gasteiger partial charge in [-0.05, 0) is 37.1 Å². The van der Waals surface area contributed by atoms with Gasteiger partial charge in [0.2, 0.25) is 11.8 Å². The highest BCUT2D eigenvalue weighted by atomic mass is 16.3. The van der Waals surface area contributed by atoms with Crippen LogP contribution in [0.2, 0.25) is 0 Å². The number of para-hydroxylation sites is 2. The van der Waals surface area contributed by atoms with E-state index in [1.54, 1.807) is 60.7 Å². The van der Waals surface area contributed by atoms with Gasteiger partial charge in [0.15, 0.2) is 0 Å². The van der Waals surface area contributed by atoms with E-state index in [-0.39, 0.29) is 23.3 Å². The van der Waals surface area contributed by atoms with E-state index >= 15 is 0 Å². The highest BCUT2D eigenvalue weighted by Crippen LogP contribution is 2.17. The number of phenols is 2. The third-order valence-corrected chi connectivity index (χ3v) is 4.40. The number of rotatable bonds is 11. The fourth-order valence-corrected chi connectivity index (χ4v) is 2.73. The number of hydrogen-bond donors (Lipinski definition) is 4. The Balaban J connectivity index is 1.51. The zero-order valence-corrected chi connectivity index (χ0v) is 16.9. The number of aromatic hydroxyl groups is 2. The van der Waals surface area contributed by atoms with E-state index in [0.29, 0.717) is 24.2 Å². The zero-order chi connectivity index (χ0) is 21.6. The SMILES string of the molecule is O=C(/C=C/c1ccccc1O)NCCCCCCNC(=O)/C=C/c1ccccc1O. The molecule has 2 amide bonds. The Bertz CT molecular complexity index is 817. The van der Waals surface area contributed by atoms with Crippen molar-refractivity contribution in [3.63, 3.8) is 0 Å². The number of nitrogens with one attached hydrogen (secondary N) is 2. The summed E-state index contributed by atoms with van der Waals surface area (Å²) in [6, 6.07) is 13.7. The van der Waals surface area contributed by atoms with E-state index in [2.05, 4.69) is 10.6 Å². The van der Waals surface area contributed by atoms with Crippen molar-refractivity contribution in [3.8, 4) is 11.5 Å². The molecule has 6 nitrogen and oxygen atoms in total. The lowest BCUT2D eigenvalue weighted by Gasteiger charge is -2.04. The molecule has 158 valence electrons. The molecule has 0 radical (unpaired) electrons. The van der Waals surface area contributed by atoms with Gasteiger partial charge in [-0.1, -0.05) is 49.2 Å². The summed E-state index contributed by atoms with van der Waals surface area (Å²) in [7, 11) is 0. The number of benzene rings is 2. The molecule has 2 aromatic rings. The van der Waals surface area contributed by atoms with Crippen LogP contribution in [0.25, 0.3) is 12.2 Å². The van der Waals surface area contributed by atoms with Crippen molar-refractivity contribution >= 4 is 24.0 Å². The number of hydrogen-bond acceptors (Lipinski definition) is 4. The highest BCUT2D eigenvalue weighted by molar-refractivity contribution is 5.92. The van der Waals surface area contributed by atoms with E-state index in [9.17, 15) is 19.8 Å². The first kappa shape index (κ1) is 22.7. The topological polar surface area (TPSA) is 98.7 Å². The molecule has 4 N–H and O–H groups in total. The number of unbranched alkanes of at least 4 members (excludes halogenated alkanes) is 3. The third-order valence-electron chi connectivity index (χ3n) is 4.40. The van der Waals surface area contributed by atoms with Crippen LogP contribution in [0.1, 0.15) is 36.8 Å². The van der Waals surface area contributed by atoms with Crippen molar-refractivity contribution in [1.82, 2.24) is 10.6 Å². The van der Waals surface area contributed by atoms with Gasteiger partial charge in [-0.3, -0.25) is 9.59 Å². The summed E-state index contributed by atoms with van der Waals surface area (Å²) in [6.45, 7) is 1.17. The molecule has 6 heteroatoms. The normalized spacial score (nSPS) is 11.1. The minimum absolute atomic E-state index is 0.141. The number of carbonyl (C=O) groups excluding carboxylic acids is 2. The van der Waals surface area contributed by atoms with E-state index < -0.39 is 0 Å². The van der Waals surface area contributed by atoms with Gasteiger partial charge in [0, 0.05) is 36.4 Å². The van der Waals surface area contributed by atoms with Crippen LogP contribution in [0, 0.1) is 0 Å². The summed E-state index contributed by atoms with van der Waals surface area (Å²) in [5.41, 5.74) is 1.20. The van der Waals surface area contributed by atoms with E-state index in [4.69, 9.17) is 0 Å². The number of phenolic OH excluding ortho intramolecular Hbond substituents is 2. The highest BCUT2D eigenvalue weighted by Gasteiger charge is 1.99. The van der Waals surface area contributed by atoms with Gasteiger partial charge >= 0.3 is 0 Å². The van der Waals surface area contributed by atoms with Gasteiger partial charge in [0.05, 0.1) is 0 Å². The van der Waals surface area contributed by atoms with Gasteiger partial charge < -0.3 is 20.8 Å². The van der Waals surface area contributed by atoms with Crippen molar-refractivity contribution in [2.24, 2.45) is 0 Å². The predicted molar refractivity (Wildman–Crippen MR) is 119 cm³/mol. The molecule has 0 saturated heterocycles. The molecule has 0 aliphatic carbocycles. The van der Waals surface area contributed by atoms with Crippen molar-refractivity contribution in [1.29, 1.82) is 0 Å². The molecule has 30 heavy (non-hydrogen) atoms. The smallest absolute Gasteiger partial charge is 0.244 e. The van der Waals surface area contributed by atoms with Gasteiger partial charge in [0.25, 0.3) is 0 Å². The Kier molecular flexibility index (Phi) is 9.73. The summed E-state index contributed by atoms with van der Waals surface area (Å²) < 4.78 is 0. The average Bonchev–Trinajstić information content (AvgIpc) is 2.74. The monoisotopic (exact) mass is 408 g/mol. The molecule has 0 heterocycles. The van der Waals surface area contributed by atoms with Crippen molar-refractivity contribution < 1.29 is 19.8 Å². The molecule has 0 aliphatic rings. The van der Waals surface area contributed by atoms with Crippen LogP contribution in [-0.4, -0.2) is 35.1 Å². The molecule has 0 unspecified atom stereocenters. The molecule has 0 spiro atoms. The van der Waals surface area contributed by atoms with Crippen LogP contribution >= 0.6 is 0 Å². The Morgan fingerprint density at radius 2 is 1.07 bits per heavy atom. The second kappa shape index (κ2) is 12.8. The number of carbonyl (C=O) groups is 2.